The van der Waals surface area contributed by atoms with E-state index >= 15 is 0 Å². The third kappa shape index (κ3) is 3.43. The summed E-state index contributed by atoms with van der Waals surface area (Å²) in [5, 5.41) is 6.53. The fourth-order valence-corrected chi connectivity index (χ4v) is 1.66. The Morgan fingerprint density at radius 3 is 2.50 bits per heavy atom. The average Bonchev–Trinajstić information content (AvgIpc) is 2.32. The molecule has 4 N–H and O–H groups in total. The minimum Gasteiger partial charge on any atom is -0.384 e. The van der Waals surface area contributed by atoms with Gasteiger partial charge in [0.25, 0.3) is 0 Å². The number of nitrogens with one attached hydrogen (secondary N) is 2. The first-order chi connectivity index (χ1) is 8.63. The molecule has 0 unspecified atom stereocenters. The number of nitrogen functional groups attached to an aromatic ring is 1. The second-order valence-electron chi connectivity index (χ2n) is 3.89. The monoisotopic (exact) mass is 258 g/mol. The quantitative estimate of drug-likeness (QED) is 0.723. The lowest BCUT2D eigenvalue weighted by atomic mass is 10.2. The van der Waals surface area contributed by atoms with Gasteiger partial charge < -0.3 is 16.4 Å². The summed E-state index contributed by atoms with van der Waals surface area (Å²) >= 11 is 5.19. The van der Waals surface area contributed by atoms with Crippen LogP contribution in [0.2, 0.25) is 0 Å². The predicted molar refractivity (Wildman–Crippen MR) is 79.7 cm³/mol. The summed E-state index contributed by atoms with van der Waals surface area (Å²) in [6.45, 7) is 2.04. The summed E-state index contributed by atoms with van der Waals surface area (Å²) < 4.78 is 0. The van der Waals surface area contributed by atoms with Crippen LogP contribution in [0, 0.1) is 6.92 Å². The molecule has 0 fully saturated rings. The summed E-state index contributed by atoms with van der Waals surface area (Å²) in [5.41, 5.74) is 7.73. The minimum absolute atomic E-state index is 0.457. The standard InChI is InChI=1S/C13H14N4S/c1-9-5-7-10(8-6-9)15-13(18)17-12-4-2-3-11(14)16-12/h2-8H,1H3,(H4,14,15,16,17,18). The van der Waals surface area contributed by atoms with Crippen LogP contribution in [0.15, 0.2) is 42.5 Å². The molecule has 0 aliphatic carbocycles. The van der Waals surface area contributed by atoms with E-state index in [1.54, 1.807) is 12.1 Å². The van der Waals surface area contributed by atoms with Crippen LogP contribution in [0.3, 0.4) is 0 Å². The largest absolute Gasteiger partial charge is 0.384 e. The van der Waals surface area contributed by atoms with Gasteiger partial charge in [-0.15, -0.1) is 0 Å². The van der Waals surface area contributed by atoms with Crippen LogP contribution in [0.25, 0.3) is 0 Å². The van der Waals surface area contributed by atoms with Crippen molar-refractivity contribution in [1.82, 2.24) is 4.98 Å². The van der Waals surface area contributed by atoms with Crippen LogP contribution in [-0.4, -0.2) is 10.1 Å². The molecule has 2 rings (SSSR count). The molecule has 2 aromatic rings. The van der Waals surface area contributed by atoms with Gasteiger partial charge in [-0.2, -0.15) is 0 Å². The second kappa shape index (κ2) is 5.46. The van der Waals surface area contributed by atoms with Gasteiger partial charge in [0.2, 0.25) is 0 Å². The van der Waals surface area contributed by atoms with Crippen LogP contribution in [-0.2, 0) is 0 Å². The lowest BCUT2D eigenvalue weighted by molar-refractivity contribution is 1.33. The SMILES string of the molecule is Cc1ccc(NC(=S)Nc2cccc(N)n2)cc1. The first kappa shape index (κ1) is 12.3. The number of nitrogens with zero attached hydrogens (tertiary/aromatic N) is 1. The van der Waals surface area contributed by atoms with Crippen LogP contribution in [0.4, 0.5) is 17.3 Å². The Bertz CT molecular complexity index is 551. The number of pyridine rings is 1. The van der Waals surface area contributed by atoms with Crippen LogP contribution in [0.5, 0.6) is 0 Å². The molecule has 0 radical (unpaired) electrons. The minimum atomic E-state index is 0.457. The molecule has 18 heavy (non-hydrogen) atoms. The van der Waals surface area contributed by atoms with Crippen LogP contribution < -0.4 is 16.4 Å². The van der Waals surface area contributed by atoms with Gasteiger partial charge in [0.1, 0.15) is 11.6 Å². The van der Waals surface area contributed by atoms with Crippen molar-refractivity contribution in [3.63, 3.8) is 0 Å². The number of nitrogens with two attached hydrogens (primary N) is 1. The number of anilines is 3. The number of hydrogen-bond acceptors (Lipinski definition) is 3. The number of aryl methyl sites for hydroxylation is 1. The second-order valence-corrected chi connectivity index (χ2v) is 4.30. The first-order valence-electron chi connectivity index (χ1n) is 5.51. The molecule has 0 atom stereocenters. The van der Waals surface area contributed by atoms with E-state index in [1.165, 1.54) is 5.56 Å². The van der Waals surface area contributed by atoms with Gasteiger partial charge in [-0.05, 0) is 43.4 Å². The van der Waals surface area contributed by atoms with Gasteiger partial charge in [-0.3, -0.25) is 0 Å². The molecular weight excluding hydrogens is 244 g/mol. The first-order valence-corrected chi connectivity index (χ1v) is 5.91. The molecule has 5 heteroatoms. The number of aromatic nitrogens is 1. The highest BCUT2D eigenvalue weighted by molar-refractivity contribution is 7.80. The van der Waals surface area contributed by atoms with Crippen molar-refractivity contribution in [2.24, 2.45) is 0 Å². The van der Waals surface area contributed by atoms with E-state index in [-0.39, 0.29) is 0 Å². The zero-order valence-corrected chi connectivity index (χ0v) is 10.8. The van der Waals surface area contributed by atoms with Crippen molar-refractivity contribution in [3.05, 3.63) is 48.0 Å². The molecule has 0 saturated heterocycles. The maximum absolute atomic E-state index is 5.59. The summed E-state index contributed by atoms with van der Waals surface area (Å²) in [5.74, 6) is 1.08. The normalized spacial score (nSPS) is 9.83. The third-order valence-electron chi connectivity index (χ3n) is 2.32. The Morgan fingerprint density at radius 2 is 1.83 bits per heavy atom. The van der Waals surface area contributed by atoms with Crippen molar-refractivity contribution < 1.29 is 0 Å². The average molecular weight is 258 g/mol. The number of hydrogen-bond donors (Lipinski definition) is 3. The molecule has 0 amide bonds. The zero-order chi connectivity index (χ0) is 13.0. The number of thiocarbonyl (C=S) groups is 1. The van der Waals surface area contributed by atoms with Gasteiger partial charge in [-0.25, -0.2) is 4.98 Å². The molecule has 0 aliphatic rings. The van der Waals surface area contributed by atoms with Crippen molar-refractivity contribution in [2.75, 3.05) is 16.4 Å². The molecule has 0 saturated carbocycles. The lowest BCUT2D eigenvalue weighted by Gasteiger charge is -2.10. The maximum Gasteiger partial charge on any atom is 0.176 e. The van der Waals surface area contributed by atoms with Gasteiger partial charge in [0, 0.05) is 5.69 Å². The number of benzene rings is 1. The molecule has 0 aliphatic heterocycles. The van der Waals surface area contributed by atoms with E-state index < -0.39 is 0 Å². The topological polar surface area (TPSA) is 63.0 Å². The number of rotatable bonds is 2. The zero-order valence-electron chi connectivity index (χ0n) is 9.97. The van der Waals surface area contributed by atoms with E-state index in [1.807, 2.05) is 37.3 Å². The predicted octanol–water partition coefficient (Wildman–Crippen LogP) is 2.78. The fourth-order valence-electron chi connectivity index (χ4n) is 1.44. The fraction of sp³-hybridized carbons (Fsp3) is 0.0769. The Balaban J connectivity index is 1.98. The molecule has 92 valence electrons. The van der Waals surface area contributed by atoms with Gasteiger partial charge in [0.15, 0.2) is 5.11 Å². The van der Waals surface area contributed by atoms with Crippen LogP contribution in [0.1, 0.15) is 5.56 Å². The van der Waals surface area contributed by atoms with E-state index in [4.69, 9.17) is 18.0 Å². The van der Waals surface area contributed by atoms with Crippen molar-refractivity contribution in [1.29, 1.82) is 0 Å². The highest BCUT2D eigenvalue weighted by Gasteiger charge is 2.00. The summed E-state index contributed by atoms with van der Waals surface area (Å²) in [7, 11) is 0. The summed E-state index contributed by atoms with van der Waals surface area (Å²) in [6, 6.07) is 13.3. The molecule has 4 nitrogen and oxygen atoms in total. The maximum atomic E-state index is 5.59. The summed E-state index contributed by atoms with van der Waals surface area (Å²) in [6.07, 6.45) is 0. The van der Waals surface area contributed by atoms with Gasteiger partial charge in [0.05, 0.1) is 0 Å². The van der Waals surface area contributed by atoms with E-state index in [2.05, 4.69) is 15.6 Å². The Morgan fingerprint density at radius 1 is 1.11 bits per heavy atom. The molecular formula is C13H14N4S. The lowest BCUT2D eigenvalue weighted by Crippen LogP contribution is -2.19. The van der Waals surface area contributed by atoms with E-state index in [0.29, 0.717) is 16.7 Å². The molecule has 1 heterocycles. The Labute approximate surface area is 111 Å². The third-order valence-corrected chi connectivity index (χ3v) is 2.53. The van der Waals surface area contributed by atoms with Gasteiger partial charge in [-0.1, -0.05) is 23.8 Å². The molecule has 1 aromatic carbocycles. The van der Waals surface area contributed by atoms with Crippen molar-refractivity contribution in [3.8, 4) is 0 Å². The van der Waals surface area contributed by atoms with E-state index in [0.717, 1.165) is 5.69 Å². The van der Waals surface area contributed by atoms with E-state index in [9.17, 15) is 0 Å². The highest BCUT2D eigenvalue weighted by Crippen LogP contribution is 2.10. The van der Waals surface area contributed by atoms with Gasteiger partial charge >= 0.3 is 0 Å². The van der Waals surface area contributed by atoms with Crippen molar-refractivity contribution >= 4 is 34.7 Å². The molecule has 0 bridgehead atoms. The highest BCUT2D eigenvalue weighted by atomic mass is 32.1. The molecule has 1 aromatic heterocycles. The summed E-state index contributed by atoms with van der Waals surface area (Å²) in [4.78, 5) is 4.11. The van der Waals surface area contributed by atoms with Crippen molar-refractivity contribution in [2.45, 2.75) is 6.92 Å². The molecule has 0 spiro atoms. The Hall–Kier alpha value is -2.14. The van der Waals surface area contributed by atoms with Crippen LogP contribution >= 0.6 is 12.2 Å². The smallest absolute Gasteiger partial charge is 0.176 e. The Kier molecular flexibility index (Phi) is 3.74.